The third kappa shape index (κ3) is 5.10. The van der Waals surface area contributed by atoms with Crippen LogP contribution in [0.25, 0.3) is 0 Å². The molecule has 0 aromatic heterocycles. The zero-order chi connectivity index (χ0) is 16.5. The first-order valence-electron chi connectivity index (χ1n) is 6.37. The van der Waals surface area contributed by atoms with E-state index in [1.165, 1.54) is 24.4 Å². The van der Waals surface area contributed by atoms with E-state index in [4.69, 9.17) is 16.3 Å². The maximum Gasteiger partial charge on any atom is 0.329 e. The molecule has 0 saturated heterocycles. The van der Waals surface area contributed by atoms with Crippen LogP contribution >= 0.6 is 11.6 Å². The van der Waals surface area contributed by atoms with Crippen molar-refractivity contribution in [3.8, 4) is 11.5 Å². The van der Waals surface area contributed by atoms with Crippen LogP contribution in [0, 0.1) is 0 Å². The van der Waals surface area contributed by atoms with Gasteiger partial charge in [0.05, 0.1) is 17.8 Å². The lowest BCUT2D eigenvalue weighted by molar-refractivity contribution is -0.139. The first-order chi connectivity index (χ1) is 10.5. The molecule has 0 heterocycles. The molecule has 1 aromatic rings. The molecule has 7 nitrogen and oxygen atoms in total. The summed E-state index contributed by atoms with van der Waals surface area (Å²) in [6.45, 7) is 5.71. The molecule has 0 unspecified atom stereocenters. The summed E-state index contributed by atoms with van der Waals surface area (Å²) >= 11 is 5.85. The number of phenols is 1. The Morgan fingerprint density at radius 1 is 1.45 bits per heavy atom. The van der Waals surface area contributed by atoms with Gasteiger partial charge in [0.2, 0.25) is 0 Å². The second-order valence-corrected chi connectivity index (χ2v) is 4.39. The SMILES string of the molecule is C=CCNC(=O)C(=O)N/N=C\c1cc(Cl)c(O)c(OCC)c1. The molecule has 0 fully saturated rings. The Morgan fingerprint density at radius 2 is 2.18 bits per heavy atom. The number of aromatic hydroxyl groups is 1. The Hall–Kier alpha value is -2.54. The summed E-state index contributed by atoms with van der Waals surface area (Å²) in [6, 6.07) is 2.94. The van der Waals surface area contributed by atoms with E-state index < -0.39 is 11.8 Å². The Labute approximate surface area is 132 Å². The van der Waals surface area contributed by atoms with Crippen molar-refractivity contribution in [2.24, 2.45) is 5.10 Å². The van der Waals surface area contributed by atoms with Crippen molar-refractivity contribution >= 4 is 29.6 Å². The molecule has 0 bridgehead atoms. The van der Waals surface area contributed by atoms with E-state index in [2.05, 4.69) is 22.4 Å². The van der Waals surface area contributed by atoms with E-state index >= 15 is 0 Å². The van der Waals surface area contributed by atoms with Gasteiger partial charge in [-0.1, -0.05) is 17.7 Å². The number of benzene rings is 1. The molecule has 0 aliphatic rings. The number of hydrazone groups is 1. The van der Waals surface area contributed by atoms with Gasteiger partial charge in [-0.05, 0) is 24.6 Å². The Morgan fingerprint density at radius 3 is 2.82 bits per heavy atom. The fraction of sp³-hybridized carbons (Fsp3) is 0.214. The van der Waals surface area contributed by atoms with Crippen molar-refractivity contribution in [1.29, 1.82) is 0 Å². The monoisotopic (exact) mass is 325 g/mol. The van der Waals surface area contributed by atoms with E-state index in [1.54, 1.807) is 6.92 Å². The molecule has 0 atom stereocenters. The highest BCUT2D eigenvalue weighted by Crippen LogP contribution is 2.34. The summed E-state index contributed by atoms with van der Waals surface area (Å²) in [5, 5.41) is 15.7. The van der Waals surface area contributed by atoms with E-state index in [1.807, 2.05) is 0 Å². The average molecular weight is 326 g/mol. The molecule has 1 rings (SSSR count). The third-order valence-corrected chi connectivity index (χ3v) is 2.63. The van der Waals surface area contributed by atoms with Crippen LogP contribution in [0.4, 0.5) is 0 Å². The first kappa shape index (κ1) is 17.5. The fourth-order valence-electron chi connectivity index (χ4n) is 1.40. The first-order valence-corrected chi connectivity index (χ1v) is 6.74. The summed E-state index contributed by atoms with van der Waals surface area (Å²) in [7, 11) is 0. The number of carbonyl (C=O) groups excluding carboxylic acids is 2. The Bertz CT molecular complexity index is 602. The minimum absolute atomic E-state index is 0.0856. The molecule has 1 aromatic carbocycles. The van der Waals surface area contributed by atoms with Crippen LogP contribution in [0.2, 0.25) is 5.02 Å². The quantitative estimate of drug-likeness (QED) is 0.316. The zero-order valence-electron chi connectivity index (χ0n) is 11.9. The lowest BCUT2D eigenvalue weighted by atomic mass is 10.2. The number of hydrogen-bond donors (Lipinski definition) is 3. The van der Waals surface area contributed by atoms with Gasteiger partial charge in [-0.3, -0.25) is 9.59 Å². The number of amides is 2. The van der Waals surface area contributed by atoms with Crippen molar-refractivity contribution < 1.29 is 19.4 Å². The maximum absolute atomic E-state index is 11.4. The van der Waals surface area contributed by atoms with Gasteiger partial charge in [0.1, 0.15) is 0 Å². The number of ether oxygens (including phenoxy) is 1. The Kier molecular flexibility index (Phi) is 6.91. The minimum Gasteiger partial charge on any atom is -0.503 e. The lowest BCUT2D eigenvalue weighted by Gasteiger charge is -2.08. The second kappa shape index (κ2) is 8.68. The molecule has 0 aliphatic heterocycles. The summed E-state index contributed by atoms with van der Waals surface area (Å²) in [6.07, 6.45) is 2.72. The van der Waals surface area contributed by atoms with Crippen LogP contribution in [0.1, 0.15) is 12.5 Å². The number of carbonyl (C=O) groups is 2. The molecular weight excluding hydrogens is 310 g/mol. The molecule has 0 saturated carbocycles. The van der Waals surface area contributed by atoms with E-state index in [0.29, 0.717) is 12.2 Å². The van der Waals surface area contributed by atoms with E-state index in [0.717, 1.165) is 0 Å². The van der Waals surface area contributed by atoms with Gasteiger partial charge in [0.15, 0.2) is 11.5 Å². The molecule has 22 heavy (non-hydrogen) atoms. The number of halogens is 1. The van der Waals surface area contributed by atoms with Crippen molar-refractivity contribution in [2.75, 3.05) is 13.2 Å². The molecule has 0 aliphatic carbocycles. The predicted octanol–water partition coefficient (Wildman–Crippen LogP) is 1.20. The third-order valence-electron chi connectivity index (χ3n) is 2.34. The minimum atomic E-state index is -0.909. The van der Waals surface area contributed by atoms with Gasteiger partial charge in [0, 0.05) is 6.54 Å². The summed E-state index contributed by atoms with van der Waals surface area (Å²) in [5.74, 6) is -1.70. The number of rotatable bonds is 6. The molecule has 8 heteroatoms. The molecular formula is C14H16ClN3O4. The molecule has 118 valence electrons. The molecule has 3 N–H and O–H groups in total. The van der Waals surface area contributed by atoms with Gasteiger partial charge >= 0.3 is 11.8 Å². The molecule has 0 radical (unpaired) electrons. The summed E-state index contributed by atoms with van der Waals surface area (Å²) in [5.41, 5.74) is 2.55. The Balaban J connectivity index is 2.72. The van der Waals surface area contributed by atoms with Crippen LogP contribution in [0.3, 0.4) is 0 Å². The van der Waals surface area contributed by atoms with Gasteiger partial charge in [0.25, 0.3) is 0 Å². The number of nitrogens with zero attached hydrogens (tertiary/aromatic N) is 1. The van der Waals surface area contributed by atoms with Gasteiger partial charge < -0.3 is 15.2 Å². The number of phenolic OH excluding ortho intramolecular Hbond substituents is 1. The maximum atomic E-state index is 11.4. The normalized spacial score (nSPS) is 10.3. The second-order valence-electron chi connectivity index (χ2n) is 3.98. The highest BCUT2D eigenvalue weighted by atomic mass is 35.5. The van der Waals surface area contributed by atoms with Crippen molar-refractivity contribution in [2.45, 2.75) is 6.92 Å². The van der Waals surface area contributed by atoms with Crippen molar-refractivity contribution in [3.05, 3.63) is 35.4 Å². The molecule has 2 amide bonds. The van der Waals surface area contributed by atoms with Gasteiger partial charge in [-0.2, -0.15) is 5.10 Å². The lowest BCUT2D eigenvalue weighted by Crippen LogP contribution is -2.37. The highest BCUT2D eigenvalue weighted by Gasteiger charge is 2.11. The van der Waals surface area contributed by atoms with Crippen molar-refractivity contribution in [1.82, 2.24) is 10.7 Å². The van der Waals surface area contributed by atoms with Crippen LogP contribution in [0.5, 0.6) is 11.5 Å². The molecule has 0 spiro atoms. The average Bonchev–Trinajstić information content (AvgIpc) is 2.49. The highest BCUT2D eigenvalue weighted by molar-refractivity contribution is 6.35. The van der Waals surface area contributed by atoms with Crippen molar-refractivity contribution in [3.63, 3.8) is 0 Å². The number of nitrogens with one attached hydrogen (secondary N) is 2. The smallest absolute Gasteiger partial charge is 0.329 e. The van der Waals surface area contributed by atoms with Gasteiger partial charge in [-0.15, -0.1) is 6.58 Å². The topological polar surface area (TPSA) is 100 Å². The van der Waals surface area contributed by atoms with Crippen LogP contribution < -0.4 is 15.5 Å². The van der Waals surface area contributed by atoms with Crippen LogP contribution in [-0.2, 0) is 9.59 Å². The van der Waals surface area contributed by atoms with Gasteiger partial charge in [-0.25, -0.2) is 5.43 Å². The van der Waals surface area contributed by atoms with E-state index in [-0.39, 0.29) is 23.1 Å². The summed E-state index contributed by atoms with van der Waals surface area (Å²) in [4.78, 5) is 22.6. The predicted molar refractivity (Wildman–Crippen MR) is 83.2 cm³/mol. The summed E-state index contributed by atoms with van der Waals surface area (Å²) < 4.78 is 5.21. The van der Waals surface area contributed by atoms with E-state index in [9.17, 15) is 14.7 Å². The fourth-order valence-corrected chi connectivity index (χ4v) is 1.61. The number of hydrogen-bond acceptors (Lipinski definition) is 5. The standard InChI is InChI=1S/C14H16ClN3O4/c1-3-5-16-13(20)14(21)18-17-8-9-6-10(15)12(19)11(7-9)22-4-2/h3,6-8,19H,1,4-5H2,2H3,(H,16,20)(H,18,21)/b17-8-. The zero-order valence-corrected chi connectivity index (χ0v) is 12.7. The largest absolute Gasteiger partial charge is 0.503 e. The van der Waals surface area contributed by atoms with Crippen LogP contribution in [-0.4, -0.2) is 36.3 Å². The van der Waals surface area contributed by atoms with Crippen LogP contribution in [0.15, 0.2) is 29.9 Å².